The van der Waals surface area contributed by atoms with Crippen LogP contribution in [0, 0.1) is 5.41 Å². The summed E-state index contributed by atoms with van der Waals surface area (Å²) < 4.78 is 38.9. The summed E-state index contributed by atoms with van der Waals surface area (Å²) in [5, 5.41) is 0. The molecule has 5 heteroatoms. The molecule has 14 heavy (non-hydrogen) atoms. The van der Waals surface area contributed by atoms with Gasteiger partial charge in [0.25, 0.3) is 0 Å². The Hall–Kier alpha value is -0.740. The lowest BCUT2D eigenvalue weighted by Gasteiger charge is -2.17. The van der Waals surface area contributed by atoms with Gasteiger partial charge in [-0.15, -0.1) is 0 Å². The first-order valence-electron chi connectivity index (χ1n) is 4.32. The van der Waals surface area contributed by atoms with E-state index in [0.717, 1.165) is 0 Å². The van der Waals surface area contributed by atoms with Gasteiger partial charge in [-0.1, -0.05) is 20.8 Å². The quantitative estimate of drug-likeness (QED) is 0.672. The van der Waals surface area contributed by atoms with Crippen molar-refractivity contribution in [3.63, 3.8) is 0 Å². The Labute approximate surface area is 81.4 Å². The fraction of sp³-hybridized carbons (Fsp3) is 0.889. The fourth-order valence-electron chi connectivity index (χ4n) is 0.712. The molecule has 0 aliphatic heterocycles. The van der Waals surface area contributed by atoms with Crippen molar-refractivity contribution in [3.05, 3.63) is 0 Å². The maximum atomic E-state index is 11.6. The summed E-state index contributed by atoms with van der Waals surface area (Å²) in [5.41, 5.74) is -0.0722. The summed E-state index contributed by atoms with van der Waals surface area (Å²) in [5.74, 6) is -0.794. The molecule has 0 fully saturated rings. The zero-order chi connectivity index (χ0) is 11.4. The molecule has 0 aliphatic rings. The van der Waals surface area contributed by atoms with Gasteiger partial charge in [-0.2, -0.15) is 13.2 Å². The molecule has 0 heterocycles. The van der Waals surface area contributed by atoms with Gasteiger partial charge < -0.3 is 4.74 Å². The zero-order valence-corrected chi connectivity index (χ0v) is 8.57. The normalized spacial score (nSPS) is 12.7. The molecule has 0 spiro atoms. The molecule has 84 valence electrons. The Morgan fingerprint density at radius 3 is 2.07 bits per heavy atom. The number of hydrogen-bond donors (Lipinski definition) is 0. The number of esters is 1. The lowest BCUT2D eigenvalue weighted by atomic mass is 9.91. The highest BCUT2D eigenvalue weighted by Crippen LogP contribution is 2.21. The summed E-state index contributed by atoms with van der Waals surface area (Å²) in [6.07, 6.45) is -3.89. The molecule has 0 rings (SSSR count). The number of carbonyl (C=O) groups excluding carboxylic acids is 1. The van der Waals surface area contributed by atoms with E-state index in [1.807, 2.05) is 20.8 Å². The van der Waals surface area contributed by atoms with E-state index in [1.165, 1.54) is 0 Å². The van der Waals surface area contributed by atoms with Crippen LogP contribution in [0.15, 0.2) is 0 Å². The average molecular weight is 212 g/mol. The number of alkyl halides is 3. The lowest BCUT2D eigenvalue weighted by molar-refractivity contribution is -0.186. The molecule has 0 aromatic heterocycles. The highest BCUT2D eigenvalue weighted by molar-refractivity contribution is 5.69. The van der Waals surface area contributed by atoms with Crippen molar-refractivity contribution in [1.29, 1.82) is 0 Å². The predicted octanol–water partition coefficient (Wildman–Crippen LogP) is 2.92. The Balaban J connectivity index is 3.68. The van der Waals surface area contributed by atoms with Crippen LogP contribution in [0.4, 0.5) is 13.2 Å². The van der Waals surface area contributed by atoms with Crippen LogP contribution in [-0.4, -0.2) is 18.8 Å². The second-order valence-corrected chi connectivity index (χ2v) is 4.34. The van der Waals surface area contributed by atoms with Gasteiger partial charge in [0.1, 0.15) is 0 Å². The Bertz CT molecular complexity index is 171. The van der Waals surface area contributed by atoms with E-state index in [4.69, 9.17) is 0 Å². The van der Waals surface area contributed by atoms with Crippen LogP contribution >= 0.6 is 0 Å². The molecule has 0 unspecified atom stereocenters. The number of carbonyl (C=O) groups is 1. The number of hydrogen-bond acceptors (Lipinski definition) is 2. The smallest absolute Gasteiger partial charge is 0.422 e. The summed E-state index contributed by atoms with van der Waals surface area (Å²) >= 11 is 0. The van der Waals surface area contributed by atoms with Gasteiger partial charge in [0, 0.05) is 6.42 Å². The van der Waals surface area contributed by atoms with E-state index >= 15 is 0 Å². The largest absolute Gasteiger partial charge is 0.456 e. The average Bonchev–Trinajstić information content (AvgIpc) is 1.94. The second kappa shape index (κ2) is 4.66. The molecule has 0 saturated carbocycles. The van der Waals surface area contributed by atoms with Crippen LogP contribution in [0.2, 0.25) is 0 Å². The molecule has 0 aliphatic carbocycles. The third-order valence-electron chi connectivity index (χ3n) is 1.48. The number of rotatable bonds is 3. The molecule has 0 aromatic carbocycles. The van der Waals surface area contributed by atoms with E-state index in [0.29, 0.717) is 6.42 Å². The zero-order valence-electron chi connectivity index (χ0n) is 8.57. The second-order valence-electron chi connectivity index (χ2n) is 4.34. The van der Waals surface area contributed by atoms with E-state index < -0.39 is 18.8 Å². The maximum absolute atomic E-state index is 11.6. The van der Waals surface area contributed by atoms with Crippen LogP contribution in [0.5, 0.6) is 0 Å². The summed E-state index contributed by atoms with van der Waals surface area (Å²) in [6.45, 7) is 4.23. The molecular weight excluding hydrogens is 197 g/mol. The SMILES string of the molecule is CC(C)(C)CCC(=O)OCC(F)(F)F. The first-order chi connectivity index (χ1) is 6.10. The van der Waals surface area contributed by atoms with E-state index in [2.05, 4.69) is 4.74 Å². The Kier molecular flexibility index (Phi) is 4.42. The molecule has 2 nitrogen and oxygen atoms in total. The van der Waals surface area contributed by atoms with Crippen molar-refractivity contribution >= 4 is 5.97 Å². The van der Waals surface area contributed by atoms with Crippen molar-refractivity contribution < 1.29 is 22.7 Å². The fourth-order valence-corrected chi connectivity index (χ4v) is 0.712. The third-order valence-corrected chi connectivity index (χ3v) is 1.48. The van der Waals surface area contributed by atoms with Crippen LogP contribution in [0.25, 0.3) is 0 Å². The number of ether oxygens (including phenoxy) is 1. The Morgan fingerprint density at radius 1 is 1.21 bits per heavy atom. The van der Waals surface area contributed by atoms with Gasteiger partial charge in [-0.25, -0.2) is 0 Å². The first kappa shape index (κ1) is 13.3. The first-order valence-corrected chi connectivity index (χ1v) is 4.32. The van der Waals surface area contributed by atoms with Crippen LogP contribution in [0.3, 0.4) is 0 Å². The third kappa shape index (κ3) is 9.35. The minimum Gasteiger partial charge on any atom is -0.456 e. The summed E-state index contributed by atoms with van der Waals surface area (Å²) in [7, 11) is 0. The standard InChI is InChI=1S/C9H15F3O2/c1-8(2,3)5-4-7(13)14-6-9(10,11)12/h4-6H2,1-3H3. The van der Waals surface area contributed by atoms with Gasteiger partial charge in [-0.3, -0.25) is 4.79 Å². The number of halogens is 3. The highest BCUT2D eigenvalue weighted by Gasteiger charge is 2.29. The van der Waals surface area contributed by atoms with Gasteiger partial charge >= 0.3 is 12.1 Å². The van der Waals surface area contributed by atoms with Gasteiger partial charge in [0.05, 0.1) is 0 Å². The van der Waals surface area contributed by atoms with Crippen molar-refractivity contribution in [3.8, 4) is 0 Å². The molecule has 0 N–H and O–H groups in total. The molecule has 0 bridgehead atoms. The predicted molar refractivity (Wildman–Crippen MR) is 45.7 cm³/mol. The van der Waals surface area contributed by atoms with Crippen LogP contribution < -0.4 is 0 Å². The molecular formula is C9H15F3O2. The van der Waals surface area contributed by atoms with Crippen molar-refractivity contribution in [1.82, 2.24) is 0 Å². The van der Waals surface area contributed by atoms with E-state index in [1.54, 1.807) is 0 Å². The summed E-state index contributed by atoms with van der Waals surface area (Å²) in [6, 6.07) is 0. The van der Waals surface area contributed by atoms with Crippen molar-refractivity contribution in [2.24, 2.45) is 5.41 Å². The molecule has 0 radical (unpaired) electrons. The van der Waals surface area contributed by atoms with E-state index in [-0.39, 0.29) is 11.8 Å². The Morgan fingerprint density at radius 2 is 1.71 bits per heavy atom. The van der Waals surface area contributed by atoms with Crippen molar-refractivity contribution in [2.45, 2.75) is 39.8 Å². The molecule has 0 aromatic rings. The van der Waals surface area contributed by atoms with E-state index in [9.17, 15) is 18.0 Å². The molecule has 0 amide bonds. The highest BCUT2D eigenvalue weighted by atomic mass is 19.4. The topological polar surface area (TPSA) is 26.3 Å². The van der Waals surface area contributed by atoms with Crippen LogP contribution in [0.1, 0.15) is 33.6 Å². The van der Waals surface area contributed by atoms with Gasteiger partial charge in [0.15, 0.2) is 6.61 Å². The minimum atomic E-state index is -4.43. The monoisotopic (exact) mass is 212 g/mol. The molecule has 0 saturated heterocycles. The lowest BCUT2D eigenvalue weighted by Crippen LogP contribution is -2.21. The summed E-state index contributed by atoms with van der Waals surface area (Å²) in [4.78, 5) is 10.8. The maximum Gasteiger partial charge on any atom is 0.422 e. The van der Waals surface area contributed by atoms with Crippen LogP contribution in [-0.2, 0) is 9.53 Å². The van der Waals surface area contributed by atoms with Crippen molar-refractivity contribution in [2.75, 3.05) is 6.61 Å². The van der Waals surface area contributed by atoms with Gasteiger partial charge in [-0.05, 0) is 11.8 Å². The van der Waals surface area contributed by atoms with Gasteiger partial charge in [0.2, 0.25) is 0 Å². The minimum absolute atomic E-state index is 0.0274. The molecule has 0 atom stereocenters.